The minimum atomic E-state index is 0. The first-order valence-electron chi connectivity index (χ1n) is 6.85. The average molecular weight is 375 g/mol. The minimum Gasteiger partial charge on any atom is -0.370 e. The van der Waals surface area contributed by atoms with Gasteiger partial charge in [-0.25, -0.2) is 0 Å². The van der Waals surface area contributed by atoms with E-state index in [0.717, 1.165) is 31.5 Å². The molecule has 0 fully saturated rings. The van der Waals surface area contributed by atoms with Gasteiger partial charge >= 0.3 is 0 Å². The maximum absolute atomic E-state index is 5.89. The molecule has 0 aliphatic carbocycles. The smallest absolute Gasteiger partial charge is 0.193 e. The summed E-state index contributed by atoms with van der Waals surface area (Å²) in [6.45, 7) is 7.33. The lowest BCUT2D eigenvalue weighted by atomic mass is 10.0. The Balaban J connectivity index is 0.00000324. The van der Waals surface area contributed by atoms with Crippen LogP contribution in [0.5, 0.6) is 0 Å². The van der Waals surface area contributed by atoms with E-state index in [2.05, 4.69) is 43.2 Å². The lowest BCUT2D eigenvalue weighted by molar-refractivity contribution is 0.506. The van der Waals surface area contributed by atoms with E-state index in [0.29, 0.717) is 11.9 Å². The Morgan fingerprint density at radius 1 is 1.26 bits per heavy atom. The molecule has 0 spiro atoms. The second kappa shape index (κ2) is 10.1. The van der Waals surface area contributed by atoms with Crippen molar-refractivity contribution in [1.29, 1.82) is 0 Å². The molecule has 4 heteroatoms. The first-order valence-corrected chi connectivity index (χ1v) is 6.85. The standard InChI is InChI=1S/C15H25N3.HI/c1-4-12(5-2)11-17-15(16)18-14-9-7-8-13(6-3)10-14;/h7-10,12H,4-6,11H2,1-3H3,(H3,16,17,18);1H. The predicted molar refractivity (Wildman–Crippen MR) is 95.4 cm³/mol. The van der Waals surface area contributed by atoms with Gasteiger partial charge in [0.05, 0.1) is 0 Å². The van der Waals surface area contributed by atoms with Crippen molar-refractivity contribution >= 4 is 35.6 Å². The molecule has 3 nitrogen and oxygen atoms in total. The van der Waals surface area contributed by atoms with Gasteiger partial charge in [-0.1, -0.05) is 45.7 Å². The lowest BCUT2D eigenvalue weighted by Crippen LogP contribution is -2.23. The number of nitrogens with one attached hydrogen (secondary N) is 1. The number of benzene rings is 1. The lowest BCUT2D eigenvalue weighted by Gasteiger charge is -2.10. The summed E-state index contributed by atoms with van der Waals surface area (Å²) in [7, 11) is 0. The molecular formula is C15H26IN3. The van der Waals surface area contributed by atoms with Crippen molar-refractivity contribution in [3.8, 4) is 0 Å². The maximum Gasteiger partial charge on any atom is 0.193 e. The zero-order chi connectivity index (χ0) is 13.4. The molecule has 0 heterocycles. The van der Waals surface area contributed by atoms with Crippen molar-refractivity contribution in [3.05, 3.63) is 29.8 Å². The van der Waals surface area contributed by atoms with Crippen LogP contribution in [-0.4, -0.2) is 12.5 Å². The molecular weight excluding hydrogens is 349 g/mol. The Morgan fingerprint density at radius 3 is 2.53 bits per heavy atom. The number of guanidine groups is 1. The van der Waals surface area contributed by atoms with Gasteiger partial charge in [-0.15, -0.1) is 24.0 Å². The summed E-state index contributed by atoms with van der Waals surface area (Å²) in [5.74, 6) is 1.14. The van der Waals surface area contributed by atoms with Gasteiger partial charge in [0.25, 0.3) is 0 Å². The zero-order valence-corrected chi connectivity index (χ0v) is 14.5. The Labute approximate surface area is 134 Å². The second-order valence-electron chi connectivity index (χ2n) is 4.59. The van der Waals surface area contributed by atoms with E-state index in [-0.39, 0.29) is 24.0 Å². The van der Waals surface area contributed by atoms with Gasteiger partial charge in [-0.05, 0) is 30.0 Å². The van der Waals surface area contributed by atoms with E-state index >= 15 is 0 Å². The van der Waals surface area contributed by atoms with Crippen LogP contribution in [0, 0.1) is 5.92 Å². The molecule has 0 aliphatic rings. The zero-order valence-electron chi connectivity index (χ0n) is 12.1. The molecule has 3 N–H and O–H groups in total. The molecule has 0 aliphatic heterocycles. The molecule has 0 saturated heterocycles. The molecule has 0 unspecified atom stereocenters. The van der Waals surface area contributed by atoms with Crippen LogP contribution in [0.4, 0.5) is 5.69 Å². The third kappa shape index (κ3) is 6.80. The average Bonchev–Trinajstić information content (AvgIpc) is 2.40. The highest BCUT2D eigenvalue weighted by Crippen LogP contribution is 2.11. The molecule has 0 radical (unpaired) electrons. The summed E-state index contributed by atoms with van der Waals surface area (Å²) >= 11 is 0. The largest absolute Gasteiger partial charge is 0.370 e. The minimum absolute atomic E-state index is 0. The van der Waals surface area contributed by atoms with Crippen LogP contribution in [0.1, 0.15) is 39.2 Å². The molecule has 19 heavy (non-hydrogen) atoms. The van der Waals surface area contributed by atoms with Crippen LogP contribution in [0.25, 0.3) is 0 Å². The number of halogens is 1. The highest BCUT2D eigenvalue weighted by molar-refractivity contribution is 14.0. The van der Waals surface area contributed by atoms with E-state index in [9.17, 15) is 0 Å². The highest BCUT2D eigenvalue weighted by atomic mass is 127. The molecule has 0 saturated carbocycles. The number of nitrogens with two attached hydrogens (primary N) is 1. The molecule has 0 bridgehead atoms. The van der Waals surface area contributed by atoms with Crippen LogP contribution in [0.15, 0.2) is 29.3 Å². The SMILES string of the molecule is CCc1cccc(NC(N)=NCC(CC)CC)c1.I. The fourth-order valence-electron chi connectivity index (χ4n) is 1.83. The van der Waals surface area contributed by atoms with Crippen LogP contribution in [-0.2, 0) is 6.42 Å². The van der Waals surface area contributed by atoms with E-state index in [1.54, 1.807) is 0 Å². The van der Waals surface area contributed by atoms with E-state index in [4.69, 9.17) is 5.73 Å². The second-order valence-corrected chi connectivity index (χ2v) is 4.59. The Bertz CT molecular complexity index is 387. The van der Waals surface area contributed by atoms with Crippen LogP contribution >= 0.6 is 24.0 Å². The first-order chi connectivity index (χ1) is 8.69. The quantitative estimate of drug-likeness (QED) is 0.448. The third-order valence-electron chi connectivity index (χ3n) is 3.28. The van der Waals surface area contributed by atoms with Crippen LogP contribution < -0.4 is 11.1 Å². The van der Waals surface area contributed by atoms with Gasteiger partial charge in [0, 0.05) is 12.2 Å². The fraction of sp³-hybridized carbons (Fsp3) is 0.533. The van der Waals surface area contributed by atoms with Crippen LogP contribution in [0.3, 0.4) is 0 Å². The van der Waals surface area contributed by atoms with Crippen molar-refractivity contribution in [2.24, 2.45) is 16.6 Å². The summed E-state index contributed by atoms with van der Waals surface area (Å²) < 4.78 is 0. The van der Waals surface area contributed by atoms with Gasteiger partial charge in [0.2, 0.25) is 0 Å². The van der Waals surface area contributed by atoms with Gasteiger partial charge in [0.1, 0.15) is 0 Å². The van der Waals surface area contributed by atoms with Crippen molar-refractivity contribution in [3.63, 3.8) is 0 Å². The summed E-state index contributed by atoms with van der Waals surface area (Å²) in [6.07, 6.45) is 3.33. The molecule has 0 atom stereocenters. The molecule has 1 rings (SSSR count). The fourth-order valence-corrected chi connectivity index (χ4v) is 1.83. The molecule has 1 aromatic carbocycles. The maximum atomic E-state index is 5.89. The Kier molecular flexibility index (Phi) is 9.65. The van der Waals surface area contributed by atoms with Gasteiger partial charge in [-0.3, -0.25) is 4.99 Å². The Morgan fingerprint density at radius 2 is 1.95 bits per heavy atom. The summed E-state index contributed by atoms with van der Waals surface area (Å²) in [5, 5.41) is 3.15. The normalized spacial score (nSPS) is 11.3. The molecule has 1 aromatic rings. The monoisotopic (exact) mass is 375 g/mol. The number of hydrogen-bond donors (Lipinski definition) is 2. The predicted octanol–water partition coefficient (Wildman–Crippen LogP) is 4.03. The number of aliphatic imine (C=N–C) groups is 1. The van der Waals surface area contributed by atoms with Crippen LogP contribution in [0.2, 0.25) is 0 Å². The Hall–Kier alpha value is -0.780. The van der Waals surface area contributed by atoms with Crippen molar-refractivity contribution in [1.82, 2.24) is 0 Å². The summed E-state index contributed by atoms with van der Waals surface area (Å²) in [5.41, 5.74) is 8.21. The summed E-state index contributed by atoms with van der Waals surface area (Å²) in [6, 6.07) is 8.27. The van der Waals surface area contributed by atoms with E-state index in [1.165, 1.54) is 5.56 Å². The van der Waals surface area contributed by atoms with Gasteiger partial charge < -0.3 is 11.1 Å². The van der Waals surface area contributed by atoms with E-state index < -0.39 is 0 Å². The first kappa shape index (κ1) is 18.2. The molecule has 0 amide bonds. The summed E-state index contributed by atoms with van der Waals surface area (Å²) in [4.78, 5) is 4.40. The molecule has 0 aromatic heterocycles. The number of anilines is 1. The van der Waals surface area contributed by atoms with Gasteiger partial charge in [0.15, 0.2) is 5.96 Å². The topological polar surface area (TPSA) is 50.4 Å². The third-order valence-corrected chi connectivity index (χ3v) is 3.28. The molecule has 108 valence electrons. The van der Waals surface area contributed by atoms with Crippen molar-refractivity contribution in [2.75, 3.05) is 11.9 Å². The van der Waals surface area contributed by atoms with E-state index in [1.807, 2.05) is 12.1 Å². The number of nitrogens with zero attached hydrogens (tertiary/aromatic N) is 1. The number of rotatable bonds is 6. The number of hydrogen-bond acceptors (Lipinski definition) is 1. The highest BCUT2D eigenvalue weighted by Gasteiger charge is 2.02. The van der Waals surface area contributed by atoms with Gasteiger partial charge in [-0.2, -0.15) is 0 Å². The van der Waals surface area contributed by atoms with Crippen molar-refractivity contribution in [2.45, 2.75) is 40.0 Å². The van der Waals surface area contributed by atoms with Crippen molar-refractivity contribution < 1.29 is 0 Å². The number of aryl methyl sites for hydroxylation is 1.